The molecule has 0 aromatic heterocycles. The number of fused-ring (bicyclic) bond motifs is 3. The Morgan fingerprint density at radius 1 is 0.906 bits per heavy atom. The van der Waals surface area contributed by atoms with Gasteiger partial charge in [0.25, 0.3) is 0 Å². The number of rotatable bonds is 5. The molecule has 3 aromatic rings. The highest BCUT2D eigenvalue weighted by molar-refractivity contribution is 6.30. The van der Waals surface area contributed by atoms with Gasteiger partial charge in [-0.2, -0.15) is 0 Å². The van der Waals surface area contributed by atoms with Gasteiger partial charge in [0, 0.05) is 40.3 Å². The van der Waals surface area contributed by atoms with Crippen LogP contribution in [0.2, 0.25) is 5.02 Å². The smallest absolute Gasteiger partial charge is 0.162 e. The molecule has 0 unspecified atom stereocenters. The molecular weight excluding hydrogens is 429 g/mol. The number of nitrogens with zero attached hydrogens (tertiary/aromatic N) is 3. The third-order valence-corrected chi connectivity index (χ3v) is 5.72. The van der Waals surface area contributed by atoms with Crippen molar-refractivity contribution in [1.29, 1.82) is 0 Å². The zero-order chi connectivity index (χ0) is 22.2. The first-order chi connectivity index (χ1) is 15.6. The number of halogens is 2. The second kappa shape index (κ2) is 8.13. The zero-order valence-electron chi connectivity index (χ0n) is 17.5. The average Bonchev–Trinajstić information content (AvgIpc) is 3.22. The van der Waals surface area contributed by atoms with Crippen LogP contribution < -0.4 is 9.47 Å². The zero-order valence-corrected chi connectivity index (χ0v) is 18.2. The molecule has 2 aliphatic heterocycles. The highest BCUT2D eigenvalue weighted by atomic mass is 35.5. The van der Waals surface area contributed by atoms with Crippen LogP contribution in [0.3, 0.4) is 0 Å². The minimum Gasteiger partial charge on any atom is -0.493 e. The lowest BCUT2D eigenvalue weighted by molar-refractivity contribution is 0.355. The predicted octanol–water partition coefficient (Wildman–Crippen LogP) is 6.06. The molecule has 32 heavy (non-hydrogen) atoms. The van der Waals surface area contributed by atoms with Crippen molar-refractivity contribution >= 4 is 22.5 Å². The van der Waals surface area contributed by atoms with Gasteiger partial charge in [-0.3, -0.25) is 0 Å². The van der Waals surface area contributed by atoms with Crippen LogP contribution in [0.1, 0.15) is 5.56 Å². The summed E-state index contributed by atoms with van der Waals surface area (Å²) in [6.07, 6.45) is 2.00. The van der Waals surface area contributed by atoms with E-state index in [4.69, 9.17) is 21.1 Å². The molecule has 0 fully saturated rings. The molecule has 2 heterocycles. The van der Waals surface area contributed by atoms with Crippen LogP contribution in [-0.2, 0) is 6.54 Å². The Morgan fingerprint density at radius 3 is 2.34 bits per heavy atom. The summed E-state index contributed by atoms with van der Waals surface area (Å²) in [6, 6.07) is 17.9. The molecule has 5 rings (SSSR count). The Bertz CT molecular complexity index is 1400. The number of pyridine rings is 1. The molecule has 0 amide bonds. The molecule has 3 aromatic carbocycles. The Morgan fingerprint density at radius 2 is 1.62 bits per heavy atom. The summed E-state index contributed by atoms with van der Waals surface area (Å²) in [4.78, 5) is 0. The van der Waals surface area contributed by atoms with Gasteiger partial charge in [-0.05, 0) is 35.9 Å². The lowest BCUT2D eigenvalue weighted by Crippen LogP contribution is -2.05. The monoisotopic (exact) mass is 447 g/mol. The number of aromatic nitrogens is 3. The van der Waals surface area contributed by atoms with Crippen molar-refractivity contribution in [3.05, 3.63) is 83.3 Å². The molecule has 7 heteroatoms. The summed E-state index contributed by atoms with van der Waals surface area (Å²) >= 11 is 6.06. The minimum absolute atomic E-state index is 0.272. The fraction of sp³-hybridized carbons (Fsp3) is 0.120. The summed E-state index contributed by atoms with van der Waals surface area (Å²) in [5.74, 6) is 0.928. The Hall–Kier alpha value is -3.64. The maximum atomic E-state index is 13.8. The molecule has 0 saturated heterocycles. The standard InChI is InChI=1S/C25H19ClFN3O2/c1-31-22-11-19-21(12-23(22)32-2)30(13-15-4-3-5-18(27)10-15)14-20-24(28-29-25(19)20)16-6-8-17(26)9-7-16/h3-12,14H,13H2,1-2H3. The number of ether oxygens (including phenoxy) is 2. The van der Waals surface area contributed by atoms with Crippen LogP contribution in [0, 0.1) is 5.82 Å². The Kier molecular flexibility index (Phi) is 5.15. The molecule has 160 valence electrons. The van der Waals surface area contributed by atoms with Gasteiger partial charge in [-0.25, -0.2) is 4.39 Å². The average molecular weight is 448 g/mol. The van der Waals surface area contributed by atoms with Gasteiger partial charge in [-0.15, -0.1) is 10.2 Å². The van der Waals surface area contributed by atoms with Crippen molar-refractivity contribution in [2.45, 2.75) is 6.54 Å². The Balaban J connectivity index is 1.77. The summed E-state index contributed by atoms with van der Waals surface area (Å²) in [5, 5.41) is 10.5. The fourth-order valence-corrected chi connectivity index (χ4v) is 4.07. The van der Waals surface area contributed by atoms with Crippen molar-refractivity contribution in [3.63, 3.8) is 0 Å². The predicted molar refractivity (Wildman–Crippen MR) is 123 cm³/mol. The van der Waals surface area contributed by atoms with Crippen molar-refractivity contribution in [1.82, 2.24) is 14.8 Å². The summed E-state index contributed by atoms with van der Waals surface area (Å²) in [7, 11) is 3.19. The third-order valence-electron chi connectivity index (χ3n) is 5.47. The van der Waals surface area contributed by atoms with E-state index in [0.29, 0.717) is 23.1 Å². The second-order valence-corrected chi connectivity index (χ2v) is 7.87. The number of hydrogen-bond acceptors (Lipinski definition) is 4. The van der Waals surface area contributed by atoms with Crippen molar-refractivity contribution in [2.75, 3.05) is 14.2 Å². The molecule has 0 saturated carbocycles. The van der Waals surface area contributed by atoms with Gasteiger partial charge in [-0.1, -0.05) is 35.9 Å². The first-order valence-corrected chi connectivity index (χ1v) is 10.4. The van der Waals surface area contributed by atoms with Gasteiger partial charge < -0.3 is 14.0 Å². The molecule has 0 radical (unpaired) electrons. The third kappa shape index (κ3) is 3.52. The molecule has 0 aliphatic carbocycles. The lowest BCUT2D eigenvalue weighted by Gasteiger charge is -2.17. The molecule has 0 bridgehead atoms. The fourth-order valence-electron chi connectivity index (χ4n) is 3.95. The van der Waals surface area contributed by atoms with E-state index in [-0.39, 0.29) is 5.82 Å². The summed E-state index contributed by atoms with van der Waals surface area (Å²) in [6.45, 7) is 0.463. The first kappa shape index (κ1) is 20.3. The van der Waals surface area contributed by atoms with E-state index in [2.05, 4.69) is 14.8 Å². The number of hydrogen-bond donors (Lipinski definition) is 0. The molecule has 5 nitrogen and oxygen atoms in total. The molecule has 0 atom stereocenters. The van der Waals surface area contributed by atoms with E-state index in [1.165, 1.54) is 12.1 Å². The molecule has 0 spiro atoms. The van der Waals surface area contributed by atoms with Crippen molar-refractivity contribution in [2.24, 2.45) is 0 Å². The van der Waals surface area contributed by atoms with Gasteiger partial charge in [0.2, 0.25) is 0 Å². The molecule has 0 N–H and O–H groups in total. The number of benzene rings is 3. The van der Waals surface area contributed by atoms with Crippen LogP contribution in [0.5, 0.6) is 11.5 Å². The van der Waals surface area contributed by atoms with Gasteiger partial charge in [0.05, 0.1) is 19.7 Å². The van der Waals surface area contributed by atoms with Crippen LogP contribution in [-0.4, -0.2) is 29.0 Å². The SMILES string of the molecule is COc1cc2c3nnc(-c4ccc(Cl)cc4)c-3cn(Cc3cccc(F)c3)c2cc1OC. The van der Waals surface area contributed by atoms with E-state index in [9.17, 15) is 4.39 Å². The van der Waals surface area contributed by atoms with Crippen molar-refractivity contribution in [3.8, 4) is 34.0 Å². The van der Waals surface area contributed by atoms with Crippen LogP contribution in [0.15, 0.2) is 66.9 Å². The number of methoxy groups -OCH3 is 2. The molecule has 2 aliphatic rings. The highest BCUT2D eigenvalue weighted by Crippen LogP contribution is 2.41. The van der Waals surface area contributed by atoms with E-state index in [1.807, 2.05) is 48.7 Å². The van der Waals surface area contributed by atoms with Crippen molar-refractivity contribution < 1.29 is 13.9 Å². The van der Waals surface area contributed by atoms with Crippen LogP contribution in [0.4, 0.5) is 4.39 Å². The largest absolute Gasteiger partial charge is 0.493 e. The van der Waals surface area contributed by atoms with Crippen LogP contribution >= 0.6 is 11.6 Å². The van der Waals surface area contributed by atoms with E-state index in [1.54, 1.807) is 20.3 Å². The topological polar surface area (TPSA) is 49.2 Å². The lowest BCUT2D eigenvalue weighted by atomic mass is 10.0. The maximum Gasteiger partial charge on any atom is 0.162 e. The first-order valence-electron chi connectivity index (χ1n) is 9.99. The quantitative estimate of drug-likeness (QED) is 0.328. The maximum absolute atomic E-state index is 13.8. The normalized spacial score (nSPS) is 11.2. The van der Waals surface area contributed by atoms with Gasteiger partial charge in [0.15, 0.2) is 11.5 Å². The van der Waals surface area contributed by atoms with Gasteiger partial charge >= 0.3 is 0 Å². The summed E-state index contributed by atoms with van der Waals surface area (Å²) in [5.41, 5.74) is 5.01. The second-order valence-electron chi connectivity index (χ2n) is 7.43. The summed E-state index contributed by atoms with van der Waals surface area (Å²) < 4.78 is 26.9. The highest BCUT2D eigenvalue weighted by Gasteiger charge is 2.22. The minimum atomic E-state index is -0.272. The van der Waals surface area contributed by atoms with Gasteiger partial charge in [0.1, 0.15) is 17.2 Å². The Labute approximate surface area is 189 Å². The van der Waals surface area contributed by atoms with E-state index in [0.717, 1.165) is 39.0 Å². The van der Waals surface area contributed by atoms with Crippen LogP contribution in [0.25, 0.3) is 33.4 Å². The van der Waals surface area contributed by atoms with E-state index < -0.39 is 0 Å². The van der Waals surface area contributed by atoms with E-state index >= 15 is 0 Å². The molecular formula is C25H19ClFN3O2.